The summed E-state index contributed by atoms with van der Waals surface area (Å²) in [6.45, 7) is 3.29. The summed E-state index contributed by atoms with van der Waals surface area (Å²) in [5.74, 6) is 1.82. The fourth-order valence-corrected chi connectivity index (χ4v) is 2.51. The zero-order valence-corrected chi connectivity index (χ0v) is 11.6. The van der Waals surface area contributed by atoms with E-state index < -0.39 is 0 Å². The number of nitrogens with one attached hydrogen (secondary N) is 3. The number of rotatable bonds is 3. The van der Waals surface area contributed by atoms with Crippen LogP contribution in [0.1, 0.15) is 6.42 Å². The van der Waals surface area contributed by atoms with E-state index >= 15 is 0 Å². The van der Waals surface area contributed by atoms with E-state index in [0.29, 0.717) is 0 Å². The maximum atomic E-state index is 5.96. The molecule has 0 spiro atoms. The lowest BCUT2D eigenvalue weighted by Gasteiger charge is -2.09. The molecule has 18 heavy (non-hydrogen) atoms. The van der Waals surface area contributed by atoms with Crippen molar-refractivity contribution >= 4 is 40.7 Å². The van der Waals surface area contributed by atoms with E-state index in [1.54, 1.807) is 0 Å². The average molecular weight is 286 g/mol. The number of anilines is 1. The summed E-state index contributed by atoms with van der Waals surface area (Å²) in [4.78, 5) is 3.34. The molecule has 1 aliphatic rings. The van der Waals surface area contributed by atoms with Crippen molar-refractivity contribution in [2.24, 2.45) is 5.92 Å². The SMILES string of the molecule is Cl.Clc1ccc2cc(NC[C@@H]3CCNC3)[nH]c2c1. The van der Waals surface area contributed by atoms with E-state index in [1.807, 2.05) is 18.2 Å². The number of hydrogen-bond acceptors (Lipinski definition) is 2. The van der Waals surface area contributed by atoms with Crippen molar-refractivity contribution in [1.82, 2.24) is 10.3 Å². The van der Waals surface area contributed by atoms with E-state index in [9.17, 15) is 0 Å². The number of aromatic amines is 1. The summed E-state index contributed by atoms with van der Waals surface area (Å²) in [5.41, 5.74) is 1.09. The van der Waals surface area contributed by atoms with Gasteiger partial charge in [0.1, 0.15) is 5.82 Å². The Balaban J connectivity index is 0.00000120. The summed E-state index contributed by atoms with van der Waals surface area (Å²) in [5, 5.41) is 8.80. The lowest BCUT2D eigenvalue weighted by atomic mass is 10.1. The fraction of sp³-hybridized carbons (Fsp3) is 0.385. The summed E-state index contributed by atoms with van der Waals surface area (Å²) in [6, 6.07) is 8.05. The van der Waals surface area contributed by atoms with Crippen LogP contribution in [0.25, 0.3) is 10.9 Å². The van der Waals surface area contributed by atoms with Crippen LogP contribution >= 0.6 is 24.0 Å². The van der Waals surface area contributed by atoms with Crippen molar-refractivity contribution < 1.29 is 0 Å². The van der Waals surface area contributed by atoms with Gasteiger partial charge in [-0.1, -0.05) is 17.7 Å². The quantitative estimate of drug-likeness (QED) is 0.810. The van der Waals surface area contributed by atoms with Crippen molar-refractivity contribution in [2.45, 2.75) is 6.42 Å². The van der Waals surface area contributed by atoms with Crippen LogP contribution in [0.3, 0.4) is 0 Å². The molecule has 0 saturated carbocycles. The molecule has 1 fully saturated rings. The number of fused-ring (bicyclic) bond motifs is 1. The van der Waals surface area contributed by atoms with Gasteiger partial charge in [0.2, 0.25) is 0 Å². The van der Waals surface area contributed by atoms with Gasteiger partial charge >= 0.3 is 0 Å². The molecule has 0 amide bonds. The molecule has 1 aromatic carbocycles. The zero-order valence-electron chi connectivity index (χ0n) is 10.0. The molecule has 0 aliphatic carbocycles. The van der Waals surface area contributed by atoms with Crippen LogP contribution in [0.4, 0.5) is 5.82 Å². The predicted octanol–water partition coefficient (Wildman–Crippen LogP) is 3.26. The lowest BCUT2D eigenvalue weighted by Crippen LogP contribution is -2.17. The molecule has 3 nitrogen and oxygen atoms in total. The second-order valence-corrected chi connectivity index (χ2v) is 5.09. The highest BCUT2D eigenvalue weighted by molar-refractivity contribution is 6.31. The minimum absolute atomic E-state index is 0. The third-order valence-corrected chi connectivity index (χ3v) is 3.56. The molecule has 0 radical (unpaired) electrons. The number of aromatic nitrogens is 1. The molecule has 1 aromatic heterocycles. The third-order valence-electron chi connectivity index (χ3n) is 3.33. The Morgan fingerprint density at radius 3 is 3.00 bits per heavy atom. The Morgan fingerprint density at radius 1 is 1.33 bits per heavy atom. The van der Waals surface area contributed by atoms with Gasteiger partial charge in [-0.05, 0) is 43.6 Å². The van der Waals surface area contributed by atoms with E-state index in [1.165, 1.54) is 11.8 Å². The number of benzene rings is 1. The van der Waals surface area contributed by atoms with Crippen molar-refractivity contribution in [3.05, 3.63) is 29.3 Å². The monoisotopic (exact) mass is 285 g/mol. The highest BCUT2D eigenvalue weighted by atomic mass is 35.5. The van der Waals surface area contributed by atoms with Crippen LogP contribution in [-0.4, -0.2) is 24.6 Å². The van der Waals surface area contributed by atoms with Crippen molar-refractivity contribution in [2.75, 3.05) is 25.0 Å². The Bertz CT molecular complexity index is 518. The highest BCUT2D eigenvalue weighted by Gasteiger charge is 2.14. The van der Waals surface area contributed by atoms with Crippen LogP contribution in [-0.2, 0) is 0 Å². The Hall–Kier alpha value is -0.900. The van der Waals surface area contributed by atoms with Crippen LogP contribution in [0.5, 0.6) is 0 Å². The summed E-state index contributed by atoms with van der Waals surface area (Å²) < 4.78 is 0. The van der Waals surface area contributed by atoms with Gasteiger partial charge < -0.3 is 15.6 Å². The molecule has 3 rings (SSSR count). The second-order valence-electron chi connectivity index (χ2n) is 4.65. The molecule has 3 N–H and O–H groups in total. The highest BCUT2D eigenvalue weighted by Crippen LogP contribution is 2.22. The van der Waals surface area contributed by atoms with Gasteiger partial charge in [0.15, 0.2) is 0 Å². The third kappa shape index (κ3) is 2.91. The Kier molecular flexibility index (Phi) is 4.38. The lowest BCUT2D eigenvalue weighted by molar-refractivity contribution is 0.614. The van der Waals surface area contributed by atoms with Gasteiger partial charge in [0.25, 0.3) is 0 Å². The van der Waals surface area contributed by atoms with E-state index in [0.717, 1.165) is 41.9 Å². The molecule has 1 saturated heterocycles. The Morgan fingerprint density at radius 2 is 2.22 bits per heavy atom. The van der Waals surface area contributed by atoms with E-state index in [2.05, 4.69) is 21.7 Å². The molecule has 2 aromatic rings. The van der Waals surface area contributed by atoms with Gasteiger partial charge in [-0.2, -0.15) is 0 Å². The van der Waals surface area contributed by atoms with Gasteiger partial charge in [-0.3, -0.25) is 0 Å². The van der Waals surface area contributed by atoms with Gasteiger partial charge in [-0.15, -0.1) is 12.4 Å². The normalized spacial score (nSPS) is 18.8. The first-order valence-electron chi connectivity index (χ1n) is 6.04. The zero-order chi connectivity index (χ0) is 11.7. The molecule has 1 aliphatic heterocycles. The van der Waals surface area contributed by atoms with Crippen LogP contribution in [0.15, 0.2) is 24.3 Å². The summed E-state index contributed by atoms with van der Waals surface area (Å²) in [7, 11) is 0. The smallest absolute Gasteiger partial charge is 0.104 e. The van der Waals surface area contributed by atoms with Crippen molar-refractivity contribution in [3.63, 3.8) is 0 Å². The molecule has 5 heteroatoms. The first-order valence-corrected chi connectivity index (χ1v) is 6.42. The molecule has 2 heterocycles. The predicted molar refractivity (Wildman–Crippen MR) is 80.0 cm³/mol. The first kappa shape index (κ1) is 13.5. The largest absolute Gasteiger partial charge is 0.371 e. The number of hydrogen-bond donors (Lipinski definition) is 3. The minimum atomic E-state index is 0. The molecule has 0 unspecified atom stereocenters. The first-order chi connectivity index (χ1) is 8.31. The Labute approximate surface area is 118 Å². The minimum Gasteiger partial charge on any atom is -0.371 e. The molecule has 98 valence electrons. The number of halogens is 2. The number of H-pyrrole nitrogens is 1. The maximum Gasteiger partial charge on any atom is 0.104 e. The fourth-order valence-electron chi connectivity index (χ4n) is 2.34. The molecular formula is C13H17Cl2N3. The summed E-state index contributed by atoms with van der Waals surface area (Å²) >= 11 is 5.96. The topological polar surface area (TPSA) is 39.8 Å². The summed E-state index contributed by atoms with van der Waals surface area (Å²) in [6.07, 6.45) is 1.26. The van der Waals surface area contributed by atoms with Crippen molar-refractivity contribution in [3.8, 4) is 0 Å². The average Bonchev–Trinajstić information content (AvgIpc) is 2.94. The van der Waals surface area contributed by atoms with Gasteiger partial charge in [0.05, 0.1) is 0 Å². The van der Waals surface area contributed by atoms with Crippen LogP contribution in [0, 0.1) is 5.92 Å². The van der Waals surface area contributed by atoms with Crippen molar-refractivity contribution in [1.29, 1.82) is 0 Å². The van der Waals surface area contributed by atoms with E-state index in [4.69, 9.17) is 11.6 Å². The van der Waals surface area contributed by atoms with Crippen LogP contribution in [0.2, 0.25) is 5.02 Å². The van der Waals surface area contributed by atoms with Gasteiger partial charge in [0, 0.05) is 22.5 Å². The molecule has 1 atom stereocenters. The second kappa shape index (κ2) is 5.83. The van der Waals surface area contributed by atoms with Crippen LogP contribution < -0.4 is 10.6 Å². The molecule has 0 bridgehead atoms. The van der Waals surface area contributed by atoms with E-state index in [-0.39, 0.29) is 12.4 Å². The maximum absolute atomic E-state index is 5.96. The molecular weight excluding hydrogens is 269 g/mol. The standard InChI is InChI=1S/C13H16ClN3.ClH/c14-11-2-1-10-5-13(17-12(10)6-11)16-8-9-3-4-15-7-9;/h1-2,5-6,9,15-17H,3-4,7-8H2;1H/t9-;/m1./s1. The van der Waals surface area contributed by atoms with Gasteiger partial charge in [-0.25, -0.2) is 0 Å².